The molecule has 0 saturated heterocycles. The Morgan fingerprint density at radius 3 is 2.47 bits per heavy atom. The summed E-state index contributed by atoms with van der Waals surface area (Å²) >= 11 is 0. The van der Waals surface area contributed by atoms with Crippen molar-refractivity contribution in [2.45, 2.75) is 13.0 Å². The molecule has 0 bridgehead atoms. The zero-order chi connectivity index (χ0) is 24.5. The summed E-state index contributed by atoms with van der Waals surface area (Å²) in [6.07, 6.45) is 4.03. The Balaban J connectivity index is 1.98. The first-order chi connectivity index (χ1) is 16.4. The molecule has 1 unspecified atom stereocenters. The normalized spacial score (nSPS) is 12.3. The Hall–Kier alpha value is -3.07. The molecule has 0 fully saturated rings. The average Bonchev–Trinajstić information content (AvgIpc) is 3.21. The largest absolute Gasteiger partial charge is 0.488 e. The van der Waals surface area contributed by atoms with E-state index in [0.29, 0.717) is 23.7 Å². The van der Waals surface area contributed by atoms with Crippen LogP contribution in [0.15, 0.2) is 65.8 Å². The number of aldehydes is 1. The van der Waals surface area contributed by atoms with Gasteiger partial charge < -0.3 is 28.7 Å². The van der Waals surface area contributed by atoms with Crippen LogP contribution in [0.4, 0.5) is 5.82 Å². The molecule has 180 valence electrons. The molecule has 1 atom stereocenters. The van der Waals surface area contributed by atoms with E-state index in [9.17, 15) is 4.79 Å². The second-order valence-electron chi connectivity index (χ2n) is 7.52. The van der Waals surface area contributed by atoms with Crippen LogP contribution in [-0.4, -0.2) is 65.5 Å². The predicted octanol–water partition coefficient (Wildman–Crippen LogP) is 4.15. The number of nitrogens with zero attached hydrogens (tertiary/aromatic N) is 3. The number of hydrogen-bond acceptors (Lipinski definition) is 7. The number of aliphatic imine (C=N–C) groups is 1. The molecule has 10 heteroatoms. The number of para-hydroxylation sites is 1. The van der Waals surface area contributed by atoms with Crippen LogP contribution in [-0.2, 0) is 9.26 Å². The molecule has 1 heterocycles. The highest BCUT2D eigenvalue weighted by atomic mass is 31.2. The van der Waals surface area contributed by atoms with E-state index < -0.39 is 8.60 Å². The van der Waals surface area contributed by atoms with Gasteiger partial charge in [-0.05, 0) is 36.8 Å². The number of ether oxygens (including phenoxy) is 2. The van der Waals surface area contributed by atoms with Crippen LogP contribution in [0.2, 0.25) is 0 Å². The Morgan fingerprint density at radius 2 is 1.85 bits per heavy atom. The molecule has 9 nitrogen and oxygen atoms in total. The fourth-order valence-electron chi connectivity index (χ4n) is 3.32. The zero-order valence-corrected chi connectivity index (χ0v) is 20.1. The van der Waals surface area contributed by atoms with Crippen molar-refractivity contribution in [3.8, 4) is 22.6 Å². The minimum atomic E-state index is -2.47. The van der Waals surface area contributed by atoms with Crippen LogP contribution in [0.1, 0.15) is 17.3 Å². The average molecular weight is 485 g/mol. The third kappa shape index (κ3) is 6.72. The summed E-state index contributed by atoms with van der Waals surface area (Å²) in [6, 6.07) is 17.1. The minimum absolute atomic E-state index is 0.0690. The second kappa shape index (κ2) is 12.4. The molecular weight excluding hydrogens is 457 g/mol. The molecule has 3 rings (SSSR count). The molecule has 0 aliphatic rings. The number of hydrogen-bond donors (Lipinski definition) is 2. The molecule has 2 aromatic carbocycles. The third-order valence-electron chi connectivity index (χ3n) is 4.83. The summed E-state index contributed by atoms with van der Waals surface area (Å²) in [5, 5.41) is 0. The lowest BCUT2D eigenvalue weighted by Gasteiger charge is -2.14. The first-order valence-corrected chi connectivity index (χ1v) is 11.7. The van der Waals surface area contributed by atoms with Gasteiger partial charge in [0, 0.05) is 31.6 Å². The lowest BCUT2D eigenvalue weighted by Crippen LogP contribution is -2.18. The molecule has 0 amide bonds. The number of methoxy groups -OCH3 is 1. The van der Waals surface area contributed by atoms with E-state index in [-0.39, 0.29) is 12.8 Å². The molecule has 0 spiro atoms. The van der Waals surface area contributed by atoms with E-state index in [1.54, 1.807) is 14.2 Å². The van der Waals surface area contributed by atoms with Crippen LogP contribution in [0, 0.1) is 0 Å². The van der Waals surface area contributed by atoms with Gasteiger partial charge in [-0.3, -0.25) is 9.32 Å². The van der Waals surface area contributed by atoms with Crippen LogP contribution in [0.5, 0.6) is 5.75 Å². The fourth-order valence-corrected chi connectivity index (χ4v) is 3.60. The molecule has 0 aliphatic carbocycles. The van der Waals surface area contributed by atoms with E-state index in [1.807, 2.05) is 72.3 Å². The molecule has 34 heavy (non-hydrogen) atoms. The SMILES string of the molecule is COCC(C)Oc1ccc(-c2cn(-c3ccccc3)c(N=CN(C)COP(O)O)c2C=O)cc1. The molecule has 0 aliphatic heterocycles. The summed E-state index contributed by atoms with van der Waals surface area (Å²) in [7, 11) is 0.829. The van der Waals surface area contributed by atoms with Gasteiger partial charge in [-0.2, -0.15) is 0 Å². The van der Waals surface area contributed by atoms with Gasteiger partial charge in [-0.1, -0.05) is 30.3 Å². The van der Waals surface area contributed by atoms with E-state index in [4.69, 9.17) is 23.8 Å². The van der Waals surface area contributed by atoms with Crippen molar-refractivity contribution in [3.63, 3.8) is 0 Å². The molecule has 3 aromatic rings. The Bertz CT molecular complexity index is 1090. The van der Waals surface area contributed by atoms with Crippen molar-refractivity contribution < 1.29 is 28.6 Å². The third-order valence-corrected chi connectivity index (χ3v) is 5.17. The van der Waals surface area contributed by atoms with Gasteiger partial charge in [0.05, 0.1) is 18.5 Å². The molecule has 2 N–H and O–H groups in total. The van der Waals surface area contributed by atoms with Gasteiger partial charge >= 0.3 is 8.60 Å². The van der Waals surface area contributed by atoms with E-state index in [2.05, 4.69) is 4.99 Å². The molecular formula is C24H28N3O6P. The van der Waals surface area contributed by atoms with Crippen LogP contribution >= 0.6 is 8.60 Å². The zero-order valence-electron chi connectivity index (χ0n) is 19.2. The van der Waals surface area contributed by atoms with Crippen LogP contribution in [0.25, 0.3) is 16.8 Å². The van der Waals surface area contributed by atoms with Crippen LogP contribution in [0.3, 0.4) is 0 Å². The Morgan fingerprint density at radius 1 is 1.15 bits per heavy atom. The van der Waals surface area contributed by atoms with Gasteiger partial charge in [-0.25, -0.2) is 4.99 Å². The smallest absolute Gasteiger partial charge is 0.328 e. The monoisotopic (exact) mass is 485 g/mol. The number of rotatable bonds is 12. The quantitative estimate of drug-likeness (QED) is 0.131. The topological polar surface area (TPSA) is 106 Å². The lowest BCUT2D eigenvalue weighted by molar-refractivity contribution is 0.0921. The van der Waals surface area contributed by atoms with E-state index >= 15 is 0 Å². The highest BCUT2D eigenvalue weighted by Crippen LogP contribution is 2.35. The van der Waals surface area contributed by atoms with Crippen molar-refractivity contribution >= 4 is 27.0 Å². The summed E-state index contributed by atoms with van der Waals surface area (Å²) in [4.78, 5) is 36.1. The highest BCUT2D eigenvalue weighted by molar-refractivity contribution is 7.39. The highest BCUT2D eigenvalue weighted by Gasteiger charge is 2.18. The Labute approximate surface area is 199 Å². The van der Waals surface area contributed by atoms with Crippen molar-refractivity contribution in [1.82, 2.24) is 9.47 Å². The van der Waals surface area contributed by atoms with Gasteiger partial charge in [-0.15, -0.1) is 0 Å². The van der Waals surface area contributed by atoms with Crippen LogP contribution < -0.4 is 4.74 Å². The number of benzene rings is 2. The predicted molar refractivity (Wildman–Crippen MR) is 132 cm³/mol. The van der Waals surface area contributed by atoms with Gasteiger partial charge in [0.25, 0.3) is 0 Å². The van der Waals surface area contributed by atoms with Crippen molar-refractivity contribution in [3.05, 3.63) is 66.4 Å². The number of aromatic nitrogens is 1. The van der Waals surface area contributed by atoms with Crippen molar-refractivity contribution in [2.75, 3.05) is 27.5 Å². The summed E-state index contributed by atoms with van der Waals surface area (Å²) in [5.41, 5.74) is 2.81. The summed E-state index contributed by atoms with van der Waals surface area (Å²) < 4.78 is 17.6. The number of carbonyl (C=O) groups excluding carboxylic acids is 1. The Kier molecular flexibility index (Phi) is 9.33. The lowest BCUT2D eigenvalue weighted by atomic mass is 10.0. The van der Waals surface area contributed by atoms with Gasteiger partial charge in [0.2, 0.25) is 0 Å². The molecule has 1 aromatic heterocycles. The maximum Gasteiger partial charge on any atom is 0.328 e. The first kappa shape index (κ1) is 25.6. The fraction of sp³-hybridized carbons (Fsp3) is 0.250. The summed E-state index contributed by atoms with van der Waals surface area (Å²) in [5.74, 6) is 1.14. The van der Waals surface area contributed by atoms with Gasteiger partial charge in [0.1, 0.15) is 24.4 Å². The van der Waals surface area contributed by atoms with Crippen molar-refractivity contribution in [1.29, 1.82) is 0 Å². The molecule has 0 radical (unpaired) electrons. The van der Waals surface area contributed by atoms with E-state index in [1.165, 1.54) is 11.2 Å². The molecule has 0 saturated carbocycles. The van der Waals surface area contributed by atoms with Gasteiger partial charge in [0.15, 0.2) is 6.29 Å². The minimum Gasteiger partial charge on any atom is -0.488 e. The first-order valence-electron chi connectivity index (χ1n) is 10.5. The van der Waals surface area contributed by atoms with Crippen molar-refractivity contribution in [2.24, 2.45) is 4.99 Å². The number of carbonyl (C=O) groups is 1. The maximum absolute atomic E-state index is 12.2. The maximum atomic E-state index is 12.2. The standard InChI is InChI=1S/C24H28N3O6P/c1-18(15-31-3)33-21-11-9-19(10-12-21)22-13-27(20-7-5-4-6-8-20)24(23(22)14-28)25-16-26(2)17-32-34(29)30/h4-14,16,18,29-30H,15,17H2,1-3H3. The second-order valence-corrected chi connectivity index (χ2v) is 8.29. The van der Waals surface area contributed by atoms with E-state index in [0.717, 1.165) is 23.1 Å². The summed E-state index contributed by atoms with van der Waals surface area (Å²) in [6.45, 7) is 2.34.